The molecular weight excluding hydrogens is 396 g/mol. The van der Waals surface area contributed by atoms with Gasteiger partial charge < -0.3 is 14.8 Å². The van der Waals surface area contributed by atoms with E-state index in [1.54, 1.807) is 50.4 Å². The molecule has 156 valence electrons. The largest absolute Gasteiger partial charge is 0.462 e. The highest BCUT2D eigenvalue weighted by Gasteiger charge is 2.16. The standard InChI is InChI=1S/C23H20N4O4/c1-4-30-23(29)18-8-10-20(26-15(18)3)21(28)27-19-9-7-17(12-14(19)2)31-22-16(13-24)6-5-11-25-22/h5-12H,4H2,1-3H3,(H,27,28). The molecule has 2 aromatic heterocycles. The van der Waals surface area contributed by atoms with Crippen molar-refractivity contribution in [3.8, 4) is 17.7 Å². The van der Waals surface area contributed by atoms with Crippen LogP contribution < -0.4 is 10.1 Å². The first-order valence-corrected chi connectivity index (χ1v) is 9.52. The summed E-state index contributed by atoms with van der Waals surface area (Å²) in [4.78, 5) is 32.8. The molecule has 0 aliphatic rings. The van der Waals surface area contributed by atoms with E-state index in [2.05, 4.69) is 15.3 Å². The fraction of sp³-hybridized carbons (Fsp3) is 0.174. The number of nitriles is 1. The van der Waals surface area contributed by atoms with E-state index in [9.17, 15) is 9.59 Å². The molecule has 8 nitrogen and oxygen atoms in total. The number of carbonyl (C=O) groups excluding carboxylic acids is 2. The van der Waals surface area contributed by atoms with E-state index in [1.165, 1.54) is 12.1 Å². The molecule has 1 amide bonds. The lowest BCUT2D eigenvalue weighted by Crippen LogP contribution is -2.16. The number of hydrogen-bond acceptors (Lipinski definition) is 7. The molecule has 0 atom stereocenters. The average Bonchev–Trinajstić information content (AvgIpc) is 2.76. The Bertz CT molecular complexity index is 1180. The Hall–Kier alpha value is -4.25. The smallest absolute Gasteiger partial charge is 0.339 e. The van der Waals surface area contributed by atoms with Gasteiger partial charge in [0, 0.05) is 11.9 Å². The van der Waals surface area contributed by atoms with Gasteiger partial charge in [-0.2, -0.15) is 5.26 Å². The highest BCUT2D eigenvalue weighted by atomic mass is 16.5. The van der Waals surface area contributed by atoms with Crippen molar-refractivity contribution in [3.05, 3.63) is 76.7 Å². The number of nitrogens with one attached hydrogen (secondary N) is 1. The maximum absolute atomic E-state index is 12.6. The molecular formula is C23H20N4O4. The van der Waals surface area contributed by atoms with Crippen LogP contribution in [0.2, 0.25) is 0 Å². The van der Waals surface area contributed by atoms with Crippen LogP contribution in [0.4, 0.5) is 5.69 Å². The van der Waals surface area contributed by atoms with Gasteiger partial charge >= 0.3 is 5.97 Å². The van der Waals surface area contributed by atoms with Crippen molar-refractivity contribution in [2.45, 2.75) is 20.8 Å². The fourth-order valence-corrected chi connectivity index (χ4v) is 2.81. The fourth-order valence-electron chi connectivity index (χ4n) is 2.81. The van der Waals surface area contributed by atoms with Gasteiger partial charge in [0.2, 0.25) is 5.88 Å². The lowest BCUT2D eigenvalue weighted by Gasteiger charge is -2.12. The van der Waals surface area contributed by atoms with Gasteiger partial charge in [0.05, 0.1) is 17.9 Å². The zero-order chi connectivity index (χ0) is 22.4. The summed E-state index contributed by atoms with van der Waals surface area (Å²) < 4.78 is 10.7. The number of hydrogen-bond donors (Lipinski definition) is 1. The molecule has 8 heteroatoms. The van der Waals surface area contributed by atoms with E-state index in [4.69, 9.17) is 14.7 Å². The minimum absolute atomic E-state index is 0.178. The first kappa shape index (κ1) is 21.5. The van der Waals surface area contributed by atoms with Crippen molar-refractivity contribution < 1.29 is 19.1 Å². The van der Waals surface area contributed by atoms with Crippen molar-refractivity contribution >= 4 is 17.6 Å². The summed E-state index contributed by atoms with van der Waals surface area (Å²) in [6.45, 7) is 5.44. The summed E-state index contributed by atoms with van der Waals surface area (Å²) in [6.07, 6.45) is 1.54. The van der Waals surface area contributed by atoms with Crippen LogP contribution in [-0.2, 0) is 4.74 Å². The second-order valence-electron chi connectivity index (χ2n) is 6.55. The Balaban J connectivity index is 1.74. The summed E-state index contributed by atoms with van der Waals surface area (Å²) in [5.41, 5.74) is 2.56. The van der Waals surface area contributed by atoms with Crippen LogP contribution >= 0.6 is 0 Å². The van der Waals surface area contributed by atoms with E-state index in [0.29, 0.717) is 28.3 Å². The van der Waals surface area contributed by atoms with Crippen LogP contribution in [0.15, 0.2) is 48.7 Å². The number of pyridine rings is 2. The predicted octanol–water partition coefficient (Wildman–Crippen LogP) is 4.19. The summed E-state index contributed by atoms with van der Waals surface area (Å²) in [5, 5.41) is 11.9. The minimum atomic E-state index is -0.474. The Morgan fingerprint density at radius 1 is 1.16 bits per heavy atom. The molecule has 0 aliphatic carbocycles. The number of rotatable bonds is 6. The number of ether oxygens (including phenoxy) is 2. The molecule has 0 aliphatic heterocycles. The zero-order valence-electron chi connectivity index (χ0n) is 17.3. The molecule has 0 saturated carbocycles. The lowest BCUT2D eigenvalue weighted by molar-refractivity contribution is 0.0524. The van der Waals surface area contributed by atoms with Gasteiger partial charge in [-0.1, -0.05) is 0 Å². The maximum Gasteiger partial charge on any atom is 0.339 e. The molecule has 0 unspecified atom stereocenters. The number of benzene rings is 1. The second-order valence-corrected chi connectivity index (χ2v) is 6.55. The van der Waals surface area contributed by atoms with E-state index >= 15 is 0 Å². The molecule has 0 fully saturated rings. The monoisotopic (exact) mass is 416 g/mol. The topological polar surface area (TPSA) is 114 Å². The molecule has 2 heterocycles. The molecule has 3 aromatic rings. The van der Waals surface area contributed by atoms with Crippen LogP contribution in [0, 0.1) is 25.2 Å². The van der Waals surface area contributed by atoms with Gasteiger partial charge in [0.15, 0.2) is 0 Å². The highest BCUT2D eigenvalue weighted by molar-refractivity contribution is 6.04. The number of aromatic nitrogens is 2. The van der Waals surface area contributed by atoms with Gasteiger partial charge in [0.25, 0.3) is 5.91 Å². The van der Waals surface area contributed by atoms with E-state index in [-0.39, 0.29) is 18.2 Å². The van der Waals surface area contributed by atoms with Crippen LogP contribution in [0.1, 0.15) is 44.6 Å². The number of esters is 1. The maximum atomic E-state index is 12.6. The van der Waals surface area contributed by atoms with Gasteiger partial charge in [0.1, 0.15) is 23.1 Å². The summed E-state index contributed by atoms with van der Waals surface area (Å²) in [7, 11) is 0. The quantitative estimate of drug-likeness (QED) is 0.599. The number of aryl methyl sites for hydroxylation is 2. The summed E-state index contributed by atoms with van der Waals surface area (Å²) in [5.74, 6) is -0.189. The summed E-state index contributed by atoms with van der Waals surface area (Å²) in [6, 6.07) is 13.4. The molecule has 0 bridgehead atoms. The Morgan fingerprint density at radius 3 is 2.65 bits per heavy atom. The Labute approximate surface area is 179 Å². The normalized spacial score (nSPS) is 10.1. The number of nitrogens with zero attached hydrogens (tertiary/aromatic N) is 3. The summed E-state index contributed by atoms with van der Waals surface area (Å²) >= 11 is 0. The van der Waals surface area contributed by atoms with E-state index < -0.39 is 11.9 Å². The molecule has 1 aromatic carbocycles. The number of amides is 1. The molecule has 31 heavy (non-hydrogen) atoms. The van der Waals surface area contributed by atoms with E-state index in [1.807, 2.05) is 13.0 Å². The van der Waals surface area contributed by atoms with Crippen LogP contribution in [-0.4, -0.2) is 28.5 Å². The van der Waals surface area contributed by atoms with Crippen LogP contribution in [0.5, 0.6) is 11.6 Å². The van der Waals surface area contributed by atoms with Gasteiger partial charge in [-0.05, 0) is 68.8 Å². The second kappa shape index (κ2) is 9.50. The van der Waals surface area contributed by atoms with Gasteiger partial charge in [-0.15, -0.1) is 0 Å². The third-order valence-corrected chi connectivity index (χ3v) is 4.37. The van der Waals surface area contributed by atoms with E-state index in [0.717, 1.165) is 5.56 Å². The average molecular weight is 416 g/mol. The van der Waals surface area contributed by atoms with Crippen LogP contribution in [0.3, 0.4) is 0 Å². The third kappa shape index (κ3) is 5.03. The predicted molar refractivity (Wildman–Crippen MR) is 113 cm³/mol. The molecule has 1 N–H and O–H groups in total. The minimum Gasteiger partial charge on any atom is -0.462 e. The molecule has 0 spiro atoms. The van der Waals surface area contributed by atoms with Gasteiger partial charge in [-0.3, -0.25) is 4.79 Å². The SMILES string of the molecule is CCOC(=O)c1ccc(C(=O)Nc2ccc(Oc3ncccc3C#N)cc2C)nc1C. The number of anilines is 1. The van der Waals surface area contributed by atoms with Crippen molar-refractivity contribution in [2.75, 3.05) is 11.9 Å². The number of carbonyl (C=O) groups is 2. The molecule has 3 rings (SSSR count). The first-order valence-electron chi connectivity index (χ1n) is 9.52. The van der Waals surface area contributed by atoms with Crippen molar-refractivity contribution in [1.29, 1.82) is 5.26 Å². The lowest BCUT2D eigenvalue weighted by atomic mass is 10.1. The molecule has 0 radical (unpaired) electrons. The van der Waals surface area contributed by atoms with Crippen molar-refractivity contribution in [2.24, 2.45) is 0 Å². The first-order chi connectivity index (χ1) is 14.9. The Kier molecular flexibility index (Phi) is 6.58. The third-order valence-electron chi connectivity index (χ3n) is 4.37. The zero-order valence-corrected chi connectivity index (χ0v) is 17.3. The van der Waals surface area contributed by atoms with Crippen LogP contribution in [0.25, 0.3) is 0 Å². The molecule has 0 saturated heterocycles. The van der Waals surface area contributed by atoms with Crippen molar-refractivity contribution in [3.63, 3.8) is 0 Å². The highest BCUT2D eigenvalue weighted by Crippen LogP contribution is 2.27. The van der Waals surface area contributed by atoms with Crippen molar-refractivity contribution in [1.82, 2.24) is 9.97 Å². The Morgan fingerprint density at radius 2 is 1.97 bits per heavy atom. The van der Waals surface area contributed by atoms with Gasteiger partial charge in [-0.25, -0.2) is 14.8 Å².